The minimum atomic E-state index is -4.22. The van der Waals surface area contributed by atoms with E-state index < -0.39 is 30.6 Å². The van der Waals surface area contributed by atoms with E-state index in [0.717, 1.165) is 15.9 Å². The van der Waals surface area contributed by atoms with Crippen LogP contribution in [0, 0.1) is 5.41 Å². The fraction of sp³-hybridized carbons (Fsp3) is 0.317. The average molecular weight is 771 g/mol. The van der Waals surface area contributed by atoms with Gasteiger partial charge in [0.15, 0.2) is 17.3 Å². The van der Waals surface area contributed by atoms with Crippen molar-refractivity contribution < 1.29 is 36.9 Å². The first-order valence-corrected chi connectivity index (χ1v) is 20.5. The lowest BCUT2D eigenvalue weighted by atomic mass is 9.87. The first-order chi connectivity index (χ1) is 25.7. The van der Waals surface area contributed by atoms with E-state index in [4.69, 9.17) is 23.4 Å². The Morgan fingerprint density at radius 3 is 1.87 bits per heavy atom. The van der Waals surface area contributed by atoms with E-state index in [-0.39, 0.29) is 59.3 Å². The van der Waals surface area contributed by atoms with Crippen LogP contribution in [0.1, 0.15) is 47.1 Å². The van der Waals surface area contributed by atoms with Crippen molar-refractivity contribution in [3.05, 3.63) is 115 Å². The third-order valence-electron chi connectivity index (χ3n) is 8.35. The number of hydrogen-bond acceptors (Lipinski definition) is 10. The van der Waals surface area contributed by atoms with E-state index in [2.05, 4.69) is 59.7 Å². The maximum absolute atomic E-state index is 13.9. The van der Waals surface area contributed by atoms with Crippen LogP contribution in [0.5, 0.6) is 29.1 Å². The Morgan fingerprint density at radius 2 is 1.33 bits per heavy atom. The van der Waals surface area contributed by atoms with Gasteiger partial charge >= 0.3 is 6.01 Å². The van der Waals surface area contributed by atoms with Gasteiger partial charge in [-0.3, -0.25) is 4.72 Å². The number of anilines is 1. The second kappa shape index (κ2) is 17.5. The minimum Gasteiger partial charge on any atom is -0.493 e. The minimum absolute atomic E-state index is 0.00958. The van der Waals surface area contributed by atoms with Crippen molar-refractivity contribution in [3.8, 4) is 29.1 Å². The molecule has 2 N–H and O–H groups in total. The topological polar surface area (TPSA) is 138 Å². The summed E-state index contributed by atoms with van der Waals surface area (Å²) in [4.78, 5) is 9.04. The molecule has 1 atom stereocenters. The Kier molecular flexibility index (Phi) is 13.0. The largest absolute Gasteiger partial charge is 0.493 e. The van der Waals surface area contributed by atoms with Gasteiger partial charge < -0.3 is 28.5 Å². The van der Waals surface area contributed by atoms with E-state index in [1.54, 1.807) is 36.4 Å². The quantitative estimate of drug-likeness (QED) is 0.109. The van der Waals surface area contributed by atoms with Crippen LogP contribution < -0.4 is 34.0 Å². The summed E-state index contributed by atoms with van der Waals surface area (Å²) in [5.41, 5.74) is 0.396. The molecule has 0 saturated heterocycles. The lowest BCUT2D eigenvalue weighted by molar-refractivity contribution is 0.0399. The molecule has 54 heavy (non-hydrogen) atoms. The molecule has 1 heterocycles. The number of aromatic nitrogens is 2. The van der Waals surface area contributed by atoms with Crippen molar-refractivity contribution in [2.75, 3.05) is 31.7 Å². The Labute approximate surface area is 320 Å². The first-order valence-electron chi connectivity index (χ1n) is 17.6. The van der Waals surface area contributed by atoms with Gasteiger partial charge in [-0.2, -0.15) is 9.97 Å². The smallest absolute Gasteiger partial charge is 0.322 e. The number of para-hydroxylation sites is 2. The zero-order valence-corrected chi connectivity index (χ0v) is 33.5. The predicted molar refractivity (Wildman–Crippen MR) is 211 cm³/mol. The van der Waals surface area contributed by atoms with Crippen LogP contribution in [0.4, 0.5) is 5.82 Å². The highest BCUT2D eigenvalue weighted by atomic mass is 32.2. The molecule has 0 amide bonds. The lowest BCUT2D eigenvalue weighted by Crippen LogP contribution is -2.51. The molecule has 0 fully saturated rings. The van der Waals surface area contributed by atoms with Crippen LogP contribution in [0.25, 0.3) is 0 Å². The second-order valence-corrected chi connectivity index (χ2v) is 18.3. The molecule has 0 bridgehead atoms. The summed E-state index contributed by atoms with van der Waals surface area (Å²) in [5, 5.41) is 11.8. The highest BCUT2D eigenvalue weighted by Crippen LogP contribution is 2.41. The van der Waals surface area contributed by atoms with Gasteiger partial charge in [-0.05, 0) is 51.0 Å². The van der Waals surface area contributed by atoms with E-state index in [9.17, 15) is 13.5 Å². The van der Waals surface area contributed by atoms with Gasteiger partial charge in [0, 0.05) is 0 Å². The van der Waals surface area contributed by atoms with Gasteiger partial charge in [-0.15, -0.1) is 0 Å². The Morgan fingerprint density at radius 1 is 0.759 bits per heavy atom. The van der Waals surface area contributed by atoms with Gasteiger partial charge in [0.05, 0.1) is 24.7 Å². The van der Waals surface area contributed by atoms with Gasteiger partial charge in [0.25, 0.3) is 24.9 Å². The summed E-state index contributed by atoms with van der Waals surface area (Å²) >= 11 is 0. The lowest BCUT2D eigenvalue weighted by Gasteiger charge is -2.33. The van der Waals surface area contributed by atoms with Gasteiger partial charge in [0.2, 0.25) is 5.75 Å². The highest BCUT2D eigenvalue weighted by molar-refractivity contribution is 7.92. The summed E-state index contributed by atoms with van der Waals surface area (Å²) in [6.07, 6.45) is -0.455. The maximum atomic E-state index is 13.9. The number of sulfonamides is 1. The number of hydrogen-bond donors (Lipinski definition) is 2. The van der Waals surface area contributed by atoms with Crippen molar-refractivity contribution >= 4 is 35.3 Å². The van der Waals surface area contributed by atoms with Crippen LogP contribution in [0.3, 0.4) is 0 Å². The van der Waals surface area contributed by atoms with E-state index in [1.165, 1.54) is 19.2 Å². The van der Waals surface area contributed by atoms with Gasteiger partial charge in [-0.25, -0.2) is 8.42 Å². The number of ether oxygens (including phenoxy) is 4. The summed E-state index contributed by atoms with van der Waals surface area (Å²) in [7, 11) is -4.46. The fourth-order valence-electron chi connectivity index (χ4n) is 5.24. The van der Waals surface area contributed by atoms with Gasteiger partial charge in [-0.1, -0.05) is 126 Å². The number of benzene rings is 4. The van der Waals surface area contributed by atoms with Crippen LogP contribution in [0.2, 0.25) is 0 Å². The SMILES string of the molecule is COc1ccccc1Oc1c(NS(=O)(=O)c2ccc(C(C)(C)C)cc2)nc(OCC(O[Si](c2ccccc2)c2ccccc2)C(C)(C)C)nc1OCCO. The summed E-state index contributed by atoms with van der Waals surface area (Å²) < 4.78 is 61.2. The number of methoxy groups -OCH3 is 1. The molecule has 4 aromatic carbocycles. The van der Waals surface area contributed by atoms with Crippen LogP contribution in [-0.4, -0.2) is 65.6 Å². The number of rotatable bonds is 16. The standard InChI is InChI=1S/C41H48N3O8SSi/c1-40(2,3)29-22-24-30(25-23-29)53(46,47)44-37-36(51-34-21-15-14-20-33(34)48-7)38(49-27-26-45)43-39(42-37)50-28-35(41(4,5)6)52-54(31-16-10-8-11-17-31)32-18-12-9-13-19-32/h8-25,35,45H,26-28H2,1-7H3,(H,42,43,44). The first kappa shape index (κ1) is 40.2. The van der Waals surface area contributed by atoms with E-state index >= 15 is 0 Å². The third-order valence-corrected chi connectivity index (χ3v) is 11.9. The fourth-order valence-corrected chi connectivity index (χ4v) is 8.55. The molecule has 285 valence electrons. The molecule has 1 aromatic heterocycles. The molecule has 0 spiro atoms. The zero-order valence-electron chi connectivity index (χ0n) is 31.7. The third kappa shape index (κ3) is 10.4. The molecule has 5 rings (SSSR count). The second-order valence-electron chi connectivity index (χ2n) is 14.5. The Hall–Kier alpha value is -4.95. The summed E-state index contributed by atoms with van der Waals surface area (Å²) in [5.74, 6) is 0.0611. The molecule has 13 heteroatoms. The number of nitrogens with zero attached hydrogens (tertiary/aromatic N) is 2. The molecule has 1 radical (unpaired) electrons. The van der Waals surface area contributed by atoms with Crippen LogP contribution in [-0.2, 0) is 19.9 Å². The maximum Gasteiger partial charge on any atom is 0.322 e. The highest BCUT2D eigenvalue weighted by Gasteiger charge is 2.33. The van der Waals surface area contributed by atoms with Crippen LogP contribution >= 0.6 is 0 Å². The number of aliphatic hydroxyl groups excluding tert-OH is 1. The molecular formula is C41H48N3O8SSi. The van der Waals surface area contributed by atoms with Crippen molar-refractivity contribution in [3.63, 3.8) is 0 Å². The summed E-state index contributed by atoms with van der Waals surface area (Å²) in [6.45, 7) is 11.8. The van der Waals surface area contributed by atoms with E-state index in [0.29, 0.717) is 5.75 Å². The Bertz CT molecular complexity index is 2030. The average Bonchev–Trinajstić information content (AvgIpc) is 3.15. The Balaban J connectivity index is 1.54. The molecule has 0 aliphatic rings. The van der Waals surface area contributed by atoms with Gasteiger partial charge in [0.1, 0.15) is 13.2 Å². The molecule has 11 nitrogen and oxygen atoms in total. The molecular weight excluding hydrogens is 723 g/mol. The van der Waals surface area contributed by atoms with Crippen molar-refractivity contribution in [2.24, 2.45) is 5.41 Å². The molecule has 1 unspecified atom stereocenters. The predicted octanol–water partition coefficient (Wildman–Crippen LogP) is 6.36. The number of nitrogens with one attached hydrogen (secondary N) is 1. The van der Waals surface area contributed by atoms with Crippen molar-refractivity contribution in [1.29, 1.82) is 0 Å². The number of aliphatic hydroxyl groups is 1. The van der Waals surface area contributed by atoms with Crippen molar-refractivity contribution in [2.45, 2.75) is 58.0 Å². The zero-order chi connectivity index (χ0) is 38.9. The molecule has 0 saturated carbocycles. The van der Waals surface area contributed by atoms with Crippen LogP contribution in [0.15, 0.2) is 114 Å². The molecule has 0 aliphatic heterocycles. The normalized spacial score (nSPS) is 12.6. The monoisotopic (exact) mass is 770 g/mol. The van der Waals surface area contributed by atoms with Crippen molar-refractivity contribution in [1.82, 2.24) is 9.97 Å². The molecule has 0 aliphatic carbocycles. The summed E-state index contributed by atoms with van der Waals surface area (Å²) in [6, 6.07) is 33.4. The van der Waals surface area contributed by atoms with E-state index in [1.807, 2.05) is 57.2 Å². The molecule has 5 aromatic rings.